The molecule has 14 heavy (non-hydrogen) atoms. The third-order valence-electron chi connectivity index (χ3n) is 4.51. The number of nitrogens with zero attached hydrogens (tertiary/aromatic N) is 1. The zero-order valence-electron chi connectivity index (χ0n) is 9.21. The van der Waals surface area contributed by atoms with Crippen LogP contribution in [0.5, 0.6) is 0 Å². The number of hydrogen-bond donors (Lipinski definition) is 0. The second-order valence-electron chi connectivity index (χ2n) is 5.42. The van der Waals surface area contributed by atoms with Gasteiger partial charge in [-0.15, -0.1) is 0 Å². The van der Waals surface area contributed by atoms with Crippen LogP contribution in [0, 0.1) is 5.92 Å². The highest BCUT2D eigenvalue weighted by atomic mass is 15.2. The van der Waals surface area contributed by atoms with E-state index in [1.165, 1.54) is 45.1 Å². The second kappa shape index (κ2) is 3.37. The molecular formula is C13H21N. The molecule has 1 nitrogen and oxygen atoms in total. The fraction of sp³-hybridized carbons (Fsp3) is 0.846. The molecule has 0 aromatic rings. The summed E-state index contributed by atoms with van der Waals surface area (Å²) >= 11 is 0. The molecule has 0 radical (unpaired) electrons. The Hall–Kier alpha value is -0.300. The Bertz CT molecular complexity index is 256. The third-order valence-corrected chi connectivity index (χ3v) is 4.51. The summed E-state index contributed by atoms with van der Waals surface area (Å²) in [6.45, 7) is 3.65. The zero-order valence-corrected chi connectivity index (χ0v) is 9.21. The first kappa shape index (κ1) is 8.96. The topological polar surface area (TPSA) is 3.24 Å². The molecule has 0 N–H and O–H groups in total. The summed E-state index contributed by atoms with van der Waals surface area (Å²) in [5.41, 5.74) is 1.63. The van der Waals surface area contributed by atoms with Crippen molar-refractivity contribution in [3.05, 3.63) is 11.6 Å². The van der Waals surface area contributed by atoms with Crippen LogP contribution in [0.3, 0.4) is 0 Å². The lowest BCUT2D eigenvalue weighted by Crippen LogP contribution is -2.40. The molecule has 3 aliphatic rings. The molecule has 3 rings (SSSR count). The van der Waals surface area contributed by atoms with Gasteiger partial charge in [-0.1, -0.05) is 24.5 Å². The molecule has 0 aromatic carbocycles. The highest BCUT2D eigenvalue weighted by Gasteiger charge is 2.41. The lowest BCUT2D eigenvalue weighted by atomic mass is 9.85. The van der Waals surface area contributed by atoms with Crippen LogP contribution in [0.25, 0.3) is 0 Å². The van der Waals surface area contributed by atoms with Crippen LogP contribution in [0.4, 0.5) is 0 Å². The summed E-state index contributed by atoms with van der Waals surface area (Å²) in [5, 5.41) is 0. The molecule has 0 amide bonds. The highest BCUT2D eigenvalue weighted by molar-refractivity contribution is 5.14. The fourth-order valence-electron chi connectivity index (χ4n) is 3.80. The molecule has 2 fully saturated rings. The van der Waals surface area contributed by atoms with Crippen molar-refractivity contribution in [1.82, 2.24) is 4.90 Å². The van der Waals surface area contributed by atoms with E-state index in [0.29, 0.717) is 0 Å². The minimum atomic E-state index is 0.817. The van der Waals surface area contributed by atoms with Gasteiger partial charge in [-0.3, -0.25) is 4.90 Å². The summed E-state index contributed by atoms with van der Waals surface area (Å²) < 4.78 is 0. The maximum Gasteiger partial charge on any atom is 0.0287 e. The van der Waals surface area contributed by atoms with E-state index in [0.717, 1.165) is 18.0 Å². The quantitative estimate of drug-likeness (QED) is 0.532. The van der Waals surface area contributed by atoms with Crippen molar-refractivity contribution in [1.29, 1.82) is 0 Å². The minimum Gasteiger partial charge on any atom is -0.293 e. The SMILES string of the molecule is CC1=CC2CC3CCCCC3N2CC1. The predicted molar refractivity (Wildman–Crippen MR) is 59.2 cm³/mol. The molecule has 0 aromatic heterocycles. The van der Waals surface area contributed by atoms with Crippen molar-refractivity contribution in [3.63, 3.8) is 0 Å². The van der Waals surface area contributed by atoms with Crippen molar-refractivity contribution < 1.29 is 0 Å². The van der Waals surface area contributed by atoms with Crippen molar-refractivity contribution in [2.45, 2.75) is 57.5 Å². The Balaban J connectivity index is 1.82. The summed E-state index contributed by atoms with van der Waals surface area (Å²) in [6.07, 6.45) is 11.3. The van der Waals surface area contributed by atoms with E-state index in [1.54, 1.807) is 5.57 Å². The first-order chi connectivity index (χ1) is 6.84. The zero-order chi connectivity index (χ0) is 9.54. The average Bonchev–Trinajstić information content (AvgIpc) is 2.54. The largest absolute Gasteiger partial charge is 0.293 e. The molecule has 0 spiro atoms. The summed E-state index contributed by atoms with van der Waals surface area (Å²) in [4.78, 5) is 2.80. The molecule has 1 aliphatic carbocycles. The van der Waals surface area contributed by atoms with Gasteiger partial charge < -0.3 is 0 Å². The van der Waals surface area contributed by atoms with E-state index in [4.69, 9.17) is 0 Å². The first-order valence-electron chi connectivity index (χ1n) is 6.27. The predicted octanol–water partition coefficient (Wildman–Crippen LogP) is 2.97. The normalized spacial score (nSPS) is 42.9. The molecule has 78 valence electrons. The molecule has 0 bridgehead atoms. The molecule has 3 atom stereocenters. The second-order valence-corrected chi connectivity index (χ2v) is 5.42. The lowest BCUT2D eigenvalue weighted by Gasteiger charge is -2.35. The van der Waals surface area contributed by atoms with Crippen LogP contribution in [-0.4, -0.2) is 23.5 Å². The van der Waals surface area contributed by atoms with Gasteiger partial charge in [-0.25, -0.2) is 0 Å². The molecule has 1 heteroatoms. The molecule has 1 saturated heterocycles. The molecule has 2 aliphatic heterocycles. The Kier molecular flexibility index (Phi) is 2.16. The Morgan fingerprint density at radius 2 is 2.14 bits per heavy atom. The van der Waals surface area contributed by atoms with Crippen LogP contribution >= 0.6 is 0 Å². The smallest absolute Gasteiger partial charge is 0.0287 e. The average molecular weight is 191 g/mol. The van der Waals surface area contributed by atoms with Gasteiger partial charge in [0.2, 0.25) is 0 Å². The summed E-state index contributed by atoms with van der Waals surface area (Å²) in [5.74, 6) is 1.04. The Labute approximate surface area is 87.2 Å². The van der Waals surface area contributed by atoms with Crippen LogP contribution < -0.4 is 0 Å². The van der Waals surface area contributed by atoms with Crippen molar-refractivity contribution in [3.8, 4) is 0 Å². The highest BCUT2D eigenvalue weighted by Crippen LogP contribution is 2.41. The van der Waals surface area contributed by atoms with E-state index in [9.17, 15) is 0 Å². The van der Waals surface area contributed by atoms with Gasteiger partial charge in [0.05, 0.1) is 0 Å². The minimum absolute atomic E-state index is 0.817. The van der Waals surface area contributed by atoms with Crippen molar-refractivity contribution >= 4 is 0 Å². The maximum absolute atomic E-state index is 2.80. The molecule has 1 saturated carbocycles. The monoisotopic (exact) mass is 191 g/mol. The first-order valence-corrected chi connectivity index (χ1v) is 6.27. The van der Waals surface area contributed by atoms with Gasteiger partial charge in [0.15, 0.2) is 0 Å². The van der Waals surface area contributed by atoms with E-state index in [-0.39, 0.29) is 0 Å². The number of fused-ring (bicyclic) bond motifs is 3. The molecule has 2 heterocycles. The van der Waals surface area contributed by atoms with Crippen molar-refractivity contribution in [2.75, 3.05) is 6.54 Å². The van der Waals surface area contributed by atoms with Crippen LogP contribution in [0.15, 0.2) is 11.6 Å². The Morgan fingerprint density at radius 3 is 3.07 bits per heavy atom. The van der Waals surface area contributed by atoms with E-state index < -0.39 is 0 Å². The van der Waals surface area contributed by atoms with Crippen molar-refractivity contribution in [2.24, 2.45) is 5.92 Å². The summed E-state index contributed by atoms with van der Waals surface area (Å²) in [7, 11) is 0. The van der Waals surface area contributed by atoms with Gasteiger partial charge >= 0.3 is 0 Å². The third kappa shape index (κ3) is 1.33. The van der Waals surface area contributed by atoms with Gasteiger partial charge in [0.1, 0.15) is 0 Å². The van der Waals surface area contributed by atoms with E-state index in [2.05, 4.69) is 17.9 Å². The van der Waals surface area contributed by atoms with E-state index >= 15 is 0 Å². The Morgan fingerprint density at radius 1 is 1.29 bits per heavy atom. The molecule has 3 unspecified atom stereocenters. The van der Waals surface area contributed by atoms with Crippen LogP contribution in [0.1, 0.15) is 45.4 Å². The summed E-state index contributed by atoms with van der Waals surface area (Å²) in [6, 6.07) is 1.77. The van der Waals surface area contributed by atoms with Gasteiger partial charge in [-0.05, 0) is 38.5 Å². The van der Waals surface area contributed by atoms with Gasteiger partial charge in [0, 0.05) is 18.6 Å². The molecular weight excluding hydrogens is 170 g/mol. The number of rotatable bonds is 0. The van der Waals surface area contributed by atoms with E-state index in [1.807, 2.05) is 0 Å². The number of hydrogen-bond acceptors (Lipinski definition) is 1. The van der Waals surface area contributed by atoms with Crippen LogP contribution in [-0.2, 0) is 0 Å². The van der Waals surface area contributed by atoms with Crippen LogP contribution in [0.2, 0.25) is 0 Å². The van der Waals surface area contributed by atoms with Gasteiger partial charge in [0.25, 0.3) is 0 Å². The maximum atomic E-state index is 2.80. The van der Waals surface area contributed by atoms with Gasteiger partial charge in [-0.2, -0.15) is 0 Å². The lowest BCUT2D eigenvalue weighted by molar-refractivity contribution is 0.161. The standard InChI is InChI=1S/C13H21N/c1-10-6-7-14-12(8-10)9-11-4-2-3-5-13(11)14/h8,11-13H,2-7,9H2,1H3. The fourth-order valence-corrected chi connectivity index (χ4v) is 3.80.